The van der Waals surface area contributed by atoms with Gasteiger partial charge < -0.3 is 0 Å². The quantitative estimate of drug-likeness (QED) is 0.842. The summed E-state index contributed by atoms with van der Waals surface area (Å²) < 4.78 is 64.2. The van der Waals surface area contributed by atoms with E-state index >= 15 is 0 Å². The molecule has 1 heterocycles. The van der Waals surface area contributed by atoms with Crippen LogP contribution in [0.3, 0.4) is 0 Å². The Morgan fingerprint density at radius 1 is 1.11 bits per heavy atom. The van der Waals surface area contributed by atoms with Gasteiger partial charge in [-0.05, 0) is 12.1 Å². The Balaban J connectivity index is 2.46. The first-order valence-electron chi connectivity index (χ1n) is 5.57. The second kappa shape index (κ2) is 5.34. The summed E-state index contributed by atoms with van der Waals surface area (Å²) in [7, 11) is -4.08. The van der Waals surface area contributed by atoms with Crippen LogP contribution in [0.5, 0.6) is 0 Å². The highest BCUT2D eigenvalue weighted by atomic mass is 32.2. The van der Waals surface area contributed by atoms with Gasteiger partial charge in [0.05, 0.1) is 10.5 Å². The molecule has 2 rings (SSSR count). The molecule has 1 aromatic carbocycles. The number of halogens is 3. The highest BCUT2D eigenvalue weighted by Gasteiger charge is 2.38. The molecule has 0 atom stereocenters. The summed E-state index contributed by atoms with van der Waals surface area (Å²) in [6.45, 7) is 0.498. The summed E-state index contributed by atoms with van der Waals surface area (Å²) in [5, 5.41) is 0. The Kier molecular flexibility index (Phi) is 4.12. The highest BCUT2D eigenvalue weighted by molar-refractivity contribution is 7.99. The second-order valence-electron chi connectivity index (χ2n) is 4.01. The maximum Gasteiger partial charge on any atom is 0.417 e. The molecule has 1 fully saturated rings. The molecular weight excluding hydrogens is 299 g/mol. The molecule has 1 saturated heterocycles. The second-order valence-corrected chi connectivity index (χ2v) is 7.14. The first-order chi connectivity index (χ1) is 8.83. The van der Waals surface area contributed by atoms with E-state index in [0.717, 1.165) is 16.4 Å². The van der Waals surface area contributed by atoms with Crippen LogP contribution >= 0.6 is 11.8 Å². The van der Waals surface area contributed by atoms with Crippen LogP contribution in [-0.4, -0.2) is 37.3 Å². The lowest BCUT2D eigenvalue weighted by atomic mass is 10.2. The van der Waals surface area contributed by atoms with Crippen molar-refractivity contribution in [2.45, 2.75) is 11.1 Å². The number of hydrogen-bond donors (Lipinski definition) is 0. The van der Waals surface area contributed by atoms with Gasteiger partial charge in [0.15, 0.2) is 0 Å². The van der Waals surface area contributed by atoms with Gasteiger partial charge in [0.1, 0.15) is 0 Å². The Labute approximate surface area is 113 Å². The molecular formula is C11H12F3NO2S2. The van der Waals surface area contributed by atoms with E-state index in [2.05, 4.69) is 0 Å². The van der Waals surface area contributed by atoms with Crippen LogP contribution < -0.4 is 0 Å². The zero-order valence-electron chi connectivity index (χ0n) is 9.85. The van der Waals surface area contributed by atoms with E-state index in [1.807, 2.05) is 0 Å². The van der Waals surface area contributed by atoms with Gasteiger partial charge >= 0.3 is 6.18 Å². The predicted octanol–water partition coefficient (Wildman–Crippen LogP) is 2.44. The molecule has 106 valence electrons. The van der Waals surface area contributed by atoms with Gasteiger partial charge in [-0.2, -0.15) is 29.2 Å². The first-order valence-corrected chi connectivity index (χ1v) is 8.17. The summed E-state index contributed by atoms with van der Waals surface area (Å²) in [4.78, 5) is -0.658. The third-order valence-corrected chi connectivity index (χ3v) is 5.68. The summed E-state index contributed by atoms with van der Waals surface area (Å²) >= 11 is 1.59. The fraction of sp³-hybridized carbons (Fsp3) is 0.455. The van der Waals surface area contributed by atoms with Crippen LogP contribution in [-0.2, 0) is 16.2 Å². The lowest BCUT2D eigenvalue weighted by Gasteiger charge is -2.26. The number of benzene rings is 1. The van der Waals surface area contributed by atoms with E-state index in [9.17, 15) is 21.6 Å². The largest absolute Gasteiger partial charge is 0.417 e. The normalized spacial score (nSPS) is 18.5. The van der Waals surface area contributed by atoms with Crippen LogP contribution in [0.2, 0.25) is 0 Å². The standard InChI is InChI=1S/C11H12F3NO2S2/c12-11(13,14)9-3-1-2-4-10(9)19(16,17)15-5-7-18-8-6-15/h1-4H,5-8H2. The molecule has 0 N–H and O–H groups in total. The van der Waals surface area contributed by atoms with Gasteiger partial charge in [0.2, 0.25) is 10.0 Å². The number of alkyl halides is 3. The SMILES string of the molecule is O=S(=O)(c1ccccc1C(F)(F)F)N1CCSCC1. The molecule has 8 heteroatoms. The van der Waals surface area contributed by atoms with Gasteiger partial charge in [-0.1, -0.05) is 12.1 Å². The Bertz CT molecular complexity index is 551. The van der Waals surface area contributed by atoms with Gasteiger partial charge in [0, 0.05) is 24.6 Å². The van der Waals surface area contributed by atoms with Crippen molar-refractivity contribution in [2.24, 2.45) is 0 Å². The van der Waals surface area contributed by atoms with Gasteiger partial charge in [-0.15, -0.1) is 0 Å². The third kappa shape index (κ3) is 3.06. The molecule has 0 unspecified atom stereocenters. The minimum atomic E-state index is -4.67. The molecule has 0 bridgehead atoms. The summed E-state index contributed by atoms with van der Waals surface area (Å²) in [6.07, 6.45) is -4.67. The molecule has 0 amide bonds. The van der Waals surface area contributed by atoms with E-state index in [-0.39, 0.29) is 13.1 Å². The monoisotopic (exact) mass is 311 g/mol. The van der Waals surface area contributed by atoms with E-state index in [4.69, 9.17) is 0 Å². The average Bonchev–Trinajstić information content (AvgIpc) is 2.39. The van der Waals surface area contributed by atoms with Crippen molar-refractivity contribution in [3.05, 3.63) is 29.8 Å². The summed E-state index contributed by atoms with van der Waals surface area (Å²) in [5.74, 6) is 1.21. The number of hydrogen-bond acceptors (Lipinski definition) is 3. The zero-order valence-corrected chi connectivity index (χ0v) is 11.5. The van der Waals surface area contributed by atoms with Crippen LogP contribution in [0.1, 0.15) is 5.56 Å². The van der Waals surface area contributed by atoms with Crippen LogP contribution in [0.25, 0.3) is 0 Å². The van der Waals surface area contributed by atoms with E-state index in [1.165, 1.54) is 12.1 Å². The molecule has 0 spiro atoms. The van der Waals surface area contributed by atoms with E-state index < -0.39 is 26.7 Å². The molecule has 0 aromatic heterocycles. The smallest absolute Gasteiger partial charge is 0.207 e. The lowest BCUT2D eigenvalue weighted by Crippen LogP contribution is -2.38. The first kappa shape index (κ1) is 14.7. The number of rotatable bonds is 2. The number of thioether (sulfide) groups is 1. The topological polar surface area (TPSA) is 37.4 Å². The molecule has 3 nitrogen and oxygen atoms in total. The Morgan fingerprint density at radius 3 is 2.26 bits per heavy atom. The lowest BCUT2D eigenvalue weighted by molar-refractivity contribution is -0.139. The number of nitrogens with zero attached hydrogens (tertiary/aromatic N) is 1. The van der Waals surface area contributed by atoms with Crippen molar-refractivity contribution in [2.75, 3.05) is 24.6 Å². The Hall–Kier alpha value is -0.730. The molecule has 0 aliphatic carbocycles. The molecule has 0 saturated carbocycles. The van der Waals surface area contributed by atoms with Crippen molar-refractivity contribution in [3.8, 4) is 0 Å². The summed E-state index contributed by atoms with van der Waals surface area (Å²) in [6, 6.07) is 4.31. The number of sulfonamides is 1. The van der Waals surface area contributed by atoms with Crippen molar-refractivity contribution in [1.29, 1.82) is 0 Å². The molecule has 19 heavy (non-hydrogen) atoms. The zero-order chi connectivity index (χ0) is 14.1. The van der Waals surface area contributed by atoms with Crippen molar-refractivity contribution in [3.63, 3.8) is 0 Å². The molecule has 1 aliphatic heterocycles. The minimum absolute atomic E-state index is 0.249. The van der Waals surface area contributed by atoms with E-state index in [1.54, 1.807) is 11.8 Å². The fourth-order valence-electron chi connectivity index (χ4n) is 1.85. The van der Waals surface area contributed by atoms with Gasteiger partial charge in [-0.25, -0.2) is 8.42 Å². The molecule has 1 aromatic rings. The predicted molar refractivity (Wildman–Crippen MR) is 67.5 cm³/mol. The fourth-order valence-corrected chi connectivity index (χ4v) is 4.64. The molecule has 0 radical (unpaired) electrons. The third-order valence-electron chi connectivity index (χ3n) is 2.78. The van der Waals surface area contributed by atoms with Gasteiger partial charge in [-0.3, -0.25) is 0 Å². The van der Waals surface area contributed by atoms with E-state index in [0.29, 0.717) is 11.5 Å². The van der Waals surface area contributed by atoms with Gasteiger partial charge in [0.25, 0.3) is 0 Å². The van der Waals surface area contributed by atoms with Crippen molar-refractivity contribution < 1.29 is 21.6 Å². The highest BCUT2D eigenvalue weighted by Crippen LogP contribution is 2.35. The van der Waals surface area contributed by atoms with Crippen LogP contribution in [0, 0.1) is 0 Å². The van der Waals surface area contributed by atoms with Crippen LogP contribution in [0.15, 0.2) is 29.2 Å². The Morgan fingerprint density at radius 2 is 1.68 bits per heavy atom. The maximum atomic E-state index is 12.9. The summed E-state index contributed by atoms with van der Waals surface area (Å²) in [5.41, 5.74) is -1.10. The average molecular weight is 311 g/mol. The van der Waals surface area contributed by atoms with Crippen molar-refractivity contribution >= 4 is 21.8 Å². The maximum absolute atomic E-state index is 12.9. The minimum Gasteiger partial charge on any atom is -0.207 e. The van der Waals surface area contributed by atoms with Crippen LogP contribution in [0.4, 0.5) is 13.2 Å². The molecule has 1 aliphatic rings. The van der Waals surface area contributed by atoms with Crippen molar-refractivity contribution in [1.82, 2.24) is 4.31 Å².